The predicted octanol–water partition coefficient (Wildman–Crippen LogP) is 3.41. The van der Waals surface area contributed by atoms with Gasteiger partial charge in [-0.05, 0) is 25.1 Å². The number of halogens is 2. The van der Waals surface area contributed by atoms with E-state index < -0.39 is 34.0 Å². The highest BCUT2D eigenvalue weighted by Gasteiger charge is 2.61. The molecule has 1 aliphatic carbocycles. The molecule has 1 saturated carbocycles. The zero-order valence-electron chi connectivity index (χ0n) is 18.9. The van der Waals surface area contributed by atoms with Crippen molar-refractivity contribution in [2.75, 3.05) is 16.9 Å². The van der Waals surface area contributed by atoms with Gasteiger partial charge in [0.1, 0.15) is 23.1 Å². The average Bonchev–Trinajstić information content (AvgIpc) is 3.06. The number of aromatic amines is 1. The van der Waals surface area contributed by atoms with E-state index in [0.717, 1.165) is 6.26 Å². The fourth-order valence-corrected chi connectivity index (χ4v) is 4.64. The number of anilines is 3. The maximum absolute atomic E-state index is 13.3. The molecule has 1 atom stereocenters. The lowest BCUT2D eigenvalue weighted by Crippen LogP contribution is -2.18. The summed E-state index contributed by atoms with van der Waals surface area (Å²) in [7, 11) is -1.90. The van der Waals surface area contributed by atoms with Crippen LogP contribution in [0.2, 0.25) is 0 Å². The van der Waals surface area contributed by atoms with E-state index in [-0.39, 0.29) is 16.4 Å². The molecule has 3 aromatic heterocycles. The predicted molar refractivity (Wildman–Crippen MR) is 125 cm³/mol. The number of H-pyrrole nitrogens is 1. The van der Waals surface area contributed by atoms with E-state index in [1.54, 1.807) is 43.0 Å². The van der Waals surface area contributed by atoms with E-state index in [9.17, 15) is 22.0 Å². The van der Waals surface area contributed by atoms with Crippen LogP contribution in [0.25, 0.3) is 22.4 Å². The average molecular weight is 502 g/mol. The Balaban J connectivity index is 1.55. The molecular formula is C22H21F2N7O3S. The van der Waals surface area contributed by atoms with Crippen molar-refractivity contribution in [3.63, 3.8) is 0 Å². The molecule has 4 aromatic rings. The number of alkyl halides is 2. The van der Waals surface area contributed by atoms with Gasteiger partial charge in [0, 0.05) is 37.6 Å². The monoisotopic (exact) mass is 501 g/mol. The second-order valence-corrected chi connectivity index (χ2v) is 10.5. The van der Waals surface area contributed by atoms with Crippen LogP contribution in [-0.2, 0) is 21.7 Å². The van der Waals surface area contributed by atoms with Gasteiger partial charge in [0.2, 0.25) is 5.91 Å². The minimum Gasteiger partial charge on any atom is -0.352 e. The number of sulfone groups is 1. The lowest BCUT2D eigenvalue weighted by molar-refractivity contribution is -0.119. The fourth-order valence-electron chi connectivity index (χ4n) is 3.78. The molecule has 35 heavy (non-hydrogen) atoms. The first-order chi connectivity index (χ1) is 16.4. The maximum Gasteiger partial charge on any atom is 0.260 e. The number of hydrogen-bond donors (Lipinski definition) is 3. The first kappa shape index (κ1) is 22.9. The Morgan fingerprint density at radius 3 is 2.57 bits per heavy atom. The van der Waals surface area contributed by atoms with Crippen LogP contribution in [0.4, 0.5) is 26.0 Å². The van der Waals surface area contributed by atoms with Crippen LogP contribution < -0.4 is 10.6 Å². The van der Waals surface area contributed by atoms with Gasteiger partial charge in [0.15, 0.2) is 15.5 Å². The third kappa shape index (κ3) is 4.46. The molecule has 0 spiro atoms. The number of aromatic nitrogens is 5. The van der Waals surface area contributed by atoms with Gasteiger partial charge in [-0.1, -0.05) is 6.07 Å². The number of pyridine rings is 1. The summed E-state index contributed by atoms with van der Waals surface area (Å²) >= 11 is 0. The Labute approximate surface area is 198 Å². The number of amides is 1. The molecule has 1 fully saturated rings. The molecule has 0 bridgehead atoms. The first-order valence-electron chi connectivity index (χ1n) is 10.6. The van der Waals surface area contributed by atoms with Crippen molar-refractivity contribution < 1.29 is 22.0 Å². The molecule has 1 aromatic carbocycles. The first-order valence-corrected chi connectivity index (χ1v) is 12.5. The van der Waals surface area contributed by atoms with E-state index in [4.69, 9.17) is 0 Å². The lowest BCUT2D eigenvalue weighted by Gasteiger charge is -2.14. The van der Waals surface area contributed by atoms with Gasteiger partial charge in [0.25, 0.3) is 5.92 Å². The zero-order valence-corrected chi connectivity index (χ0v) is 19.7. The smallest absolute Gasteiger partial charge is 0.260 e. The maximum atomic E-state index is 13.3. The van der Waals surface area contributed by atoms with Crippen LogP contribution in [0.5, 0.6) is 0 Å². The molecule has 3 heterocycles. The van der Waals surface area contributed by atoms with Crippen molar-refractivity contribution in [1.29, 1.82) is 0 Å². The summed E-state index contributed by atoms with van der Waals surface area (Å²) in [5.41, 5.74) is 2.53. The second-order valence-electron chi connectivity index (χ2n) is 8.56. The lowest BCUT2D eigenvalue weighted by atomic mass is 10.1. The number of fused-ring (bicyclic) bond motifs is 1. The standard InChI is InChI=1S/C22H21F2N7O3S/c1-11-25-19-16(9-18(28-20(19)26-11)29-21(32)13-10-22(13,23)24)27-15-5-4-12(8-17(15)35(3,33)34)14-6-7-31(2)30-14/h4-9,13H,10H2,1-3H3,(H3,25,26,27,28,29,32). The van der Waals surface area contributed by atoms with E-state index in [1.807, 2.05) is 0 Å². The van der Waals surface area contributed by atoms with Crippen LogP contribution in [0, 0.1) is 12.8 Å². The number of nitrogens with zero attached hydrogens (tertiary/aromatic N) is 4. The third-order valence-electron chi connectivity index (χ3n) is 5.63. The zero-order chi connectivity index (χ0) is 25.1. The Hall–Kier alpha value is -3.87. The molecule has 0 radical (unpaired) electrons. The summed E-state index contributed by atoms with van der Waals surface area (Å²) in [6.07, 6.45) is 2.34. The highest BCUT2D eigenvalue weighted by molar-refractivity contribution is 7.90. The van der Waals surface area contributed by atoms with Gasteiger partial charge in [-0.15, -0.1) is 0 Å². The number of benzene rings is 1. The number of aryl methyl sites for hydroxylation is 2. The summed E-state index contributed by atoms with van der Waals surface area (Å²) in [4.78, 5) is 23.8. The minimum absolute atomic E-state index is 0.0288. The van der Waals surface area contributed by atoms with Crippen LogP contribution in [-0.4, -0.2) is 51.2 Å². The Kier molecular flexibility index (Phi) is 5.13. The van der Waals surface area contributed by atoms with Crippen molar-refractivity contribution in [2.24, 2.45) is 13.0 Å². The largest absolute Gasteiger partial charge is 0.352 e. The van der Waals surface area contributed by atoms with Crippen molar-refractivity contribution in [1.82, 2.24) is 24.7 Å². The van der Waals surface area contributed by atoms with E-state index >= 15 is 0 Å². The molecule has 10 nitrogen and oxygen atoms in total. The number of carbonyl (C=O) groups is 1. The topological polar surface area (TPSA) is 135 Å². The van der Waals surface area contributed by atoms with Crippen molar-refractivity contribution in [2.45, 2.75) is 24.2 Å². The third-order valence-corrected chi connectivity index (χ3v) is 6.76. The van der Waals surface area contributed by atoms with E-state index in [2.05, 4.69) is 30.7 Å². The number of imidazole rings is 1. The van der Waals surface area contributed by atoms with Crippen LogP contribution >= 0.6 is 0 Å². The van der Waals surface area contributed by atoms with Crippen LogP contribution in [0.3, 0.4) is 0 Å². The van der Waals surface area contributed by atoms with Gasteiger partial charge in [0.05, 0.1) is 22.0 Å². The molecule has 1 unspecified atom stereocenters. The summed E-state index contributed by atoms with van der Waals surface area (Å²) < 4.78 is 53.5. The molecule has 3 N–H and O–H groups in total. The SMILES string of the molecule is Cc1nc2c(Nc3ccc(-c4ccn(C)n4)cc3S(C)(=O)=O)cc(NC(=O)C3CC3(F)F)nc2[nH]1. The Morgan fingerprint density at radius 1 is 1.20 bits per heavy atom. The normalized spacial score (nSPS) is 16.9. The summed E-state index contributed by atoms with van der Waals surface area (Å²) in [5, 5.41) is 9.80. The Morgan fingerprint density at radius 2 is 1.94 bits per heavy atom. The van der Waals surface area contributed by atoms with Crippen LogP contribution in [0.15, 0.2) is 41.4 Å². The highest BCUT2D eigenvalue weighted by atomic mass is 32.2. The fraction of sp³-hybridized carbons (Fsp3) is 0.273. The van der Waals surface area contributed by atoms with Gasteiger partial charge < -0.3 is 15.6 Å². The number of hydrogen-bond acceptors (Lipinski definition) is 7. The summed E-state index contributed by atoms with van der Waals surface area (Å²) in [5.74, 6) is -4.68. The summed E-state index contributed by atoms with van der Waals surface area (Å²) in [6, 6.07) is 8.05. The summed E-state index contributed by atoms with van der Waals surface area (Å²) in [6.45, 7) is 1.71. The minimum atomic E-state index is -3.66. The van der Waals surface area contributed by atoms with Crippen molar-refractivity contribution in [3.05, 3.63) is 42.4 Å². The van der Waals surface area contributed by atoms with E-state index in [0.29, 0.717) is 33.9 Å². The number of carbonyl (C=O) groups excluding carboxylic acids is 1. The number of nitrogens with one attached hydrogen (secondary N) is 3. The Bertz CT molecular complexity index is 1590. The quantitative estimate of drug-likeness (QED) is 0.369. The molecule has 5 rings (SSSR count). The number of rotatable bonds is 6. The molecule has 182 valence electrons. The molecule has 0 aliphatic heterocycles. The van der Waals surface area contributed by atoms with Crippen LogP contribution in [0.1, 0.15) is 12.2 Å². The molecule has 13 heteroatoms. The molecule has 1 aliphatic rings. The molecule has 1 amide bonds. The second kappa shape index (κ2) is 7.83. The molecule has 0 saturated heterocycles. The highest BCUT2D eigenvalue weighted by Crippen LogP contribution is 2.49. The van der Waals surface area contributed by atoms with Gasteiger partial charge in [-0.3, -0.25) is 9.48 Å². The van der Waals surface area contributed by atoms with Gasteiger partial charge in [-0.2, -0.15) is 5.10 Å². The van der Waals surface area contributed by atoms with Crippen molar-refractivity contribution >= 4 is 44.1 Å². The molecular weight excluding hydrogens is 480 g/mol. The van der Waals surface area contributed by atoms with Crippen molar-refractivity contribution in [3.8, 4) is 11.3 Å². The van der Waals surface area contributed by atoms with Gasteiger partial charge in [-0.25, -0.2) is 27.2 Å². The van der Waals surface area contributed by atoms with Gasteiger partial charge >= 0.3 is 0 Å². The van der Waals surface area contributed by atoms with E-state index in [1.165, 1.54) is 12.1 Å².